The predicted octanol–water partition coefficient (Wildman–Crippen LogP) is 3.42. The molecule has 42 heavy (non-hydrogen) atoms. The van der Waals surface area contributed by atoms with E-state index in [0.29, 0.717) is 45.6 Å². The minimum Gasteiger partial charge on any atom is -0.436 e. The molecule has 3 aliphatic heterocycles. The molecule has 2 aromatic carbocycles. The molecular weight excluding hydrogens is 534 g/mol. The SMILES string of the molecule is Cc1cc(C[C@@H](OC(=O)N2CCC(N3CCc4ccccc4NC3=O)CC2)C(=O)N2CCC(N)CC2)cc2cn[nH]c12. The summed E-state index contributed by atoms with van der Waals surface area (Å²) in [5.74, 6) is -0.184. The molecule has 2 saturated heterocycles. The number of hydrogen-bond donors (Lipinski definition) is 3. The molecule has 0 bridgehead atoms. The maximum absolute atomic E-state index is 13.7. The second-order valence-corrected chi connectivity index (χ2v) is 11.7. The number of aromatic amines is 1. The molecule has 6 rings (SSSR count). The number of likely N-dealkylation sites (tertiary alicyclic amines) is 2. The molecule has 0 saturated carbocycles. The van der Waals surface area contributed by atoms with Crippen molar-refractivity contribution in [2.75, 3.05) is 38.0 Å². The summed E-state index contributed by atoms with van der Waals surface area (Å²) in [7, 11) is 0. The fourth-order valence-electron chi connectivity index (χ4n) is 6.44. The topological polar surface area (TPSA) is 137 Å². The second-order valence-electron chi connectivity index (χ2n) is 11.7. The van der Waals surface area contributed by atoms with E-state index in [1.807, 2.05) is 48.2 Å². The van der Waals surface area contributed by atoms with Crippen LogP contribution in [0.5, 0.6) is 0 Å². The zero-order valence-corrected chi connectivity index (χ0v) is 24.1. The van der Waals surface area contributed by atoms with Crippen LogP contribution in [0.3, 0.4) is 0 Å². The van der Waals surface area contributed by atoms with Crippen molar-refractivity contribution in [3.05, 3.63) is 59.3 Å². The van der Waals surface area contributed by atoms with Gasteiger partial charge in [-0.1, -0.05) is 24.3 Å². The average molecular weight is 574 g/mol. The number of nitrogens with two attached hydrogens (primary N) is 1. The summed E-state index contributed by atoms with van der Waals surface area (Å²) in [6, 6.07) is 11.9. The number of nitrogens with zero attached hydrogens (tertiary/aromatic N) is 4. The van der Waals surface area contributed by atoms with Crippen molar-refractivity contribution in [2.45, 2.75) is 63.6 Å². The number of para-hydroxylation sites is 1. The molecule has 4 heterocycles. The molecule has 0 aliphatic carbocycles. The number of carbonyl (C=O) groups is 3. The van der Waals surface area contributed by atoms with Gasteiger partial charge in [0.05, 0.1) is 11.7 Å². The van der Waals surface area contributed by atoms with Crippen molar-refractivity contribution >= 4 is 34.6 Å². The van der Waals surface area contributed by atoms with Crippen molar-refractivity contribution in [3.8, 4) is 0 Å². The van der Waals surface area contributed by atoms with Gasteiger partial charge in [-0.15, -0.1) is 0 Å². The van der Waals surface area contributed by atoms with Crippen LogP contribution in [0.25, 0.3) is 10.9 Å². The van der Waals surface area contributed by atoms with Gasteiger partial charge in [-0.3, -0.25) is 9.89 Å². The molecule has 0 spiro atoms. The number of urea groups is 1. The van der Waals surface area contributed by atoms with E-state index in [-0.39, 0.29) is 30.4 Å². The minimum absolute atomic E-state index is 0.0306. The Hall–Kier alpha value is -4.12. The molecule has 3 aromatic rings. The van der Waals surface area contributed by atoms with Gasteiger partial charge in [-0.2, -0.15) is 5.10 Å². The lowest BCUT2D eigenvalue weighted by Crippen LogP contribution is -2.52. The largest absolute Gasteiger partial charge is 0.436 e. The number of H-pyrrole nitrogens is 1. The summed E-state index contributed by atoms with van der Waals surface area (Å²) >= 11 is 0. The van der Waals surface area contributed by atoms with Crippen molar-refractivity contribution in [2.24, 2.45) is 5.73 Å². The number of hydrogen-bond acceptors (Lipinski definition) is 6. The first kappa shape index (κ1) is 28.0. The summed E-state index contributed by atoms with van der Waals surface area (Å²) in [5, 5.41) is 11.1. The highest BCUT2D eigenvalue weighted by molar-refractivity contribution is 5.91. The minimum atomic E-state index is -0.941. The van der Waals surface area contributed by atoms with Crippen LogP contribution in [0.1, 0.15) is 42.4 Å². The first-order valence-electron chi connectivity index (χ1n) is 14.9. The highest BCUT2D eigenvalue weighted by atomic mass is 16.6. The Labute approximate surface area is 245 Å². The van der Waals surface area contributed by atoms with E-state index in [0.717, 1.165) is 52.5 Å². The van der Waals surface area contributed by atoms with Crippen LogP contribution < -0.4 is 11.1 Å². The van der Waals surface area contributed by atoms with E-state index in [4.69, 9.17) is 10.5 Å². The average Bonchev–Trinajstić information content (AvgIpc) is 3.40. The van der Waals surface area contributed by atoms with Crippen LogP contribution in [-0.4, -0.2) is 93.8 Å². The third-order valence-corrected chi connectivity index (χ3v) is 8.90. The molecule has 2 fully saturated rings. The number of fused-ring (bicyclic) bond motifs is 2. The van der Waals surface area contributed by atoms with Crippen molar-refractivity contribution in [1.82, 2.24) is 24.9 Å². The van der Waals surface area contributed by atoms with E-state index in [1.165, 1.54) is 0 Å². The maximum atomic E-state index is 13.7. The zero-order chi connectivity index (χ0) is 29.2. The molecule has 4 amide bonds. The predicted molar refractivity (Wildman–Crippen MR) is 159 cm³/mol. The van der Waals surface area contributed by atoms with Crippen LogP contribution in [0.4, 0.5) is 15.3 Å². The van der Waals surface area contributed by atoms with Crippen molar-refractivity contribution in [1.29, 1.82) is 0 Å². The van der Waals surface area contributed by atoms with Crippen molar-refractivity contribution in [3.63, 3.8) is 0 Å². The Kier molecular flexibility index (Phi) is 8.01. The lowest BCUT2D eigenvalue weighted by Gasteiger charge is -2.38. The molecule has 1 atom stereocenters. The maximum Gasteiger partial charge on any atom is 0.410 e. The van der Waals surface area contributed by atoms with Crippen LogP contribution in [0.2, 0.25) is 0 Å². The quantitative estimate of drug-likeness (QED) is 0.428. The number of aryl methyl sites for hydroxylation is 1. The molecule has 222 valence electrons. The highest BCUT2D eigenvalue weighted by Crippen LogP contribution is 2.26. The van der Waals surface area contributed by atoms with Gasteiger partial charge < -0.3 is 30.5 Å². The van der Waals surface area contributed by atoms with E-state index < -0.39 is 12.2 Å². The lowest BCUT2D eigenvalue weighted by atomic mass is 10.0. The Morgan fingerprint density at radius 2 is 1.79 bits per heavy atom. The van der Waals surface area contributed by atoms with E-state index >= 15 is 0 Å². The van der Waals surface area contributed by atoms with Gasteiger partial charge in [-0.05, 0) is 67.9 Å². The fourth-order valence-corrected chi connectivity index (χ4v) is 6.44. The highest BCUT2D eigenvalue weighted by Gasteiger charge is 2.35. The summed E-state index contributed by atoms with van der Waals surface area (Å²) < 4.78 is 5.98. The van der Waals surface area contributed by atoms with Gasteiger partial charge in [0.25, 0.3) is 5.91 Å². The molecule has 0 unspecified atom stereocenters. The summed E-state index contributed by atoms with van der Waals surface area (Å²) in [6.45, 7) is 4.66. The molecule has 0 radical (unpaired) electrons. The number of rotatable bonds is 5. The van der Waals surface area contributed by atoms with Crippen LogP contribution in [0.15, 0.2) is 42.6 Å². The standard InChI is InChI=1S/C31H39N7O4/c1-20-16-21(17-23-19-33-35-28(20)23)18-27(29(39)36-11-7-24(32)8-12-36)42-31(41)37-13-9-25(10-14-37)38-15-6-22-4-2-3-5-26(22)34-30(38)40/h2-5,16-17,19,24-25,27H,6-15,18,32H2,1H3,(H,33,35)(H,34,40)/t27-/m1/s1. The van der Waals surface area contributed by atoms with E-state index in [2.05, 4.69) is 15.5 Å². The molecule has 11 heteroatoms. The number of carbonyl (C=O) groups excluding carboxylic acids is 3. The van der Waals surface area contributed by atoms with Gasteiger partial charge in [0.15, 0.2) is 6.10 Å². The van der Waals surface area contributed by atoms with Gasteiger partial charge in [0, 0.05) is 62.3 Å². The van der Waals surface area contributed by atoms with E-state index in [1.54, 1.807) is 16.0 Å². The molecule has 4 N–H and O–H groups in total. The summed E-state index contributed by atoms with van der Waals surface area (Å²) in [6.07, 6.45) is 4.15. The molecule has 1 aromatic heterocycles. The normalized spacial score (nSPS) is 19.3. The number of anilines is 1. The summed E-state index contributed by atoms with van der Waals surface area (Å²) in [5.41, 5.74) is 10.9. The first-order valence-corrected chi connectivity index (χ1v) is 14.9. The van der Waals surface area contributed by atoms with Crippen LogP contribution in [-0.2, 0) is 22.4 Å². The van der Waals surface area contributed by atoms with Gasteiger partial charge in [0.1, 0.15) is 0 Å². The van der Waals surface area contributed by atoms with Crippen LogP contribution >= 0.6 is 0 Å². The Balaban J connectivity index is 1.11. The third-order valence-electron chi connectivity index (χ3n) is 8.90. The number of amides is 4. The number of aromatic nitrogens is 2. The van der Waals surface area contributed by atoms with Crippen LogP contribution in [0, 0.1) is 6.92 Å². The zero-order valence-electron chi connectivity index (χ0n) is 24.1. The van der Waals surface area contributed by atoms with Gasteiger partial charge in [0.2, 0.25) is 0 Å². The number of benzene rings is 2. The Morgan fingerprint density at radius 1 is 1.05 bits per heavy atom. The Morgan fingerprint density at radius 3 is 2.57 bits per heavy atom. The van der Waals surface area contributed by atoms with E-state index in [9.17, 15) is 14.4 Å². The lowest BCUT2D eigenvalue weighted by molar-refractivity contribution is -0.142. The molecular formula is C31H39N7O4. The fraction of sp³-hybridized carbons (Fsp3) is 0.484. The Bertz CT molecular complexity index is 1460. The van der Waals surface area contributed by atoms with Gasteiger partial charge in [-0.25, -0.2) is 9.59 Å². The number of nitrogens with one attached hydrogen (secondary N) is 2. The molecule has 11 nitrogen and oxygen atoms in total. The summed E-state index contributed by atoms with van der Waals surface area (Å²) in [4.78, 5) is 45.4. The first-order chi connectivity index (χ1) is 20.4. The third kappa shape index (κ3) is 5.92. The number of ether oxygens (including phenoxy) is 1. The molecule has 3 aliphatic rings. The van der Waals surface area contributed by atoms with Crippen molar-refractivity contribution < 1.29 is 19.1 Å². The smallest absolute Gasteiger partial charge is 0.410 e. The monoisotopic (exact) mass is 573 g/mol. The number of piperidine rings is 2. The second kappa shape index (κ2) is 12.0. The van der Waals surface area contributed by atoms with Gasteiger partial charge >= 0.3 is 12.1 Å².